The highest BCUT2D eigenvalue weighted by Crippen LogP contribution is 2.43. The monoisotopic (exact) mass is 626 g/mol. The molecule has 1 N–H and O–H groups in total. The molecule has 244 valence electrons. The second-order valence-corrected chi connectivity index (χ2v) is 13.1. The van der Waals surface area contributed by atoms with Crippen molar-refractivity contribution >= 4 is 21.4 Å². The second-order valence-electron chi connectivity index (χ2n) is 11.9. The van der Waals surface area contributed by atoms with Crippen LogP contribution in [0.2, 0.25) is 0 Å². The highest BCUT2D eigenvalue weighted by Gasteiger charge is 2.42. The van der Waals surface area contributed by atoms with Crippen molar-refractivity contribution in [3.05, 3.63) is 58.5 Å². The predicted octanol–water partition coefficient (Wildman–Crippen LogP) is 9.39. The smallest absolute Gasteiger partial charge is 0.128 e. The number of thiophene rings is 1. The molecule has 3 aromatic rings. The largest absolute Gasteiger partial charge is 0.508 e. The lowest BCUT2D eigenvalue weighted by molar-refractivity contribution is -0.213. The number of phenolic OH excluding ortho intramolecular Hbond substituents is 1. The van der Waals surface area contributed by atoms with Crippen LogP contribution in [-0.2, 0) is 25.4 Å². The minimum Gasteiger partial charge on any atom is -0.508 e. The SMILES string of the molecule is CCCCOC[C@@H]1C[C@H](OCCCC)[C@@H](OCCCC)[C@H](c2cc(Cc3cc4ccccc4s3)c(O)cc2OCCCC)O1. The van der Waals surface area contributed by atoms with Crippen LogP contribution in [0.25, 0.3) is 10.1 Å². The summed E-state index contributed by atoms with van der Waals surface area (Å²) in [5, 5.41) is 12.5. The molecule has 44 heavy (non-hydrogen) atoms. The molecule has 1 saturated heterocycles. The van der Waals surface area contributed by atoms with Crippen molar-refractivity contribution in [1.29, 1.82) is 0 Å². The Morgan fingerprint density at radius 3 is 2.30 bits per heavy atom. The third-order valence-corrected chi connectivity index (χ3v) is 9.31. The lowest BCUT2D eigenvalue weighted by Gasteiger charge is -2.42. The Balaban J connectivity index is 1.71. The van der Waals surface area contributed by atoms with Crippen LogP contribution in [-0.4, -0.2) is 56.5 Å². The maximum absolute atomic E-state index is 11.3. The topological polar surface area (TPSA) is 66.4 Å². The fourth-order valence-corrected chi connectivity index (χ4v) is 6.70. The molecule has 4 atom stereocenters. The lowest BCUT2D eigenvalue weighted by atomic mass is 9.90. The third-order valence-electron chi connectivity index (χ3n) is 8.20. The van der Waals surface area contributed by atoms with Crippen molar-refractivity contribution < 1.29 is 28.8 Å². The molecule has 0 unspecified atom stereocenters. The highest BCUT2D eigenvalue weighted by molar-refractivity contribution is 7.19. The Morgan fingerprint density at radius 1 is 0.841 bits per heavy atom. The zero-order valence-corrected chi connectivity index (χ0v) is 28.2. The molecule has 6 nitrogen and oxygen atoms in total. The molecule has 1 aliphatic heterocycles. The number of phenols is 1. The Labute approximate surface area is 269 Å². The zero-order valence-electron chi connectivity index (χ0n) is 27.4. The number of ether oxygens (including phenoxy) is 5. The standard InChI is InChI=1S/C37H54O6S/c1-5-9-17-39-26-29-24-34(41-19-11-7-3)37(42-20-12-8-4)36(43-29)31-23-28(32(38)25-33(31)40-18-10-6-2)22-30-21-27-15-13-14-16-35(27)44-30/h13-16,21,23,25,29,34,36-38H,5-12,17-20,22,24,26H2,1-4H3/t29-,34-,36-,37+/m0/s1. The Morgan fingerprint density at radius 2 is 1.55 bits per heavy atom. The Bertz CT molecular complexity index is 1210. The summed E-state index contributed by atoms with van der Waals surface area (Å²) in [4.78, 5) is 1.20. The van der Waals surface area contributed by atoms with Crippen molar-refractivity contribution in [2.24, 2.45) is 0 Å². The van der Waals surface area contributed by atoms with Gasteiger partial charge in [0.15, 0.2) is 0 Å². The first kappa shape index (κ1) is 34.7. The summed E-state index contributed by atoms with van der Waals surface area (Å²) < 4.78 is 33.7. The Kier molecular flexibility index (Phi) is 14.8. The Hall–Kier alpha value is -2.16. The maximum atomic E-state index is 11.3. The van der Waals surface area contributed by atoms with E-state index in [-0.39, 0.29) is 24.1 Å². The molecular weight excluding hydrogens is 572 g/mol. The van der Waals surface area contributed by atoms with Gasteiger partial charge >= 0.3 is 0 Å². The zero-order chi connectivity index (χ0) is 31.1. The number of aromatic hydroxyl groups is 1. The summed E-state index contributed by atoms with van der Waals surface area (Å²) in [6.07, 6.45) is 8.59. The van der Waals surface area contributed by atoms with Crippen LogP contribution < -0.4 is 4.74 Å². The molecule has 4 rings (SSSR count). The number of fused-ring (bicyclic) bond motifs is 1. The highest BCUT2D eigenvalue weighted by atomic mass is 32.1. The molecule has 0 spiro atoms. The van der Waals surface area contributed by atoms with Crippen molar-refractivity contribution in [2.75, 3.05) is 33.0 Å². The van der Waals surface area contributed by atoms with E-state index in [1.807, 2.05) is 0 Å². The van der Waals surface area contributed by atoms with Crippen LogP contribution in [0.5, 0.6) is 11.5 Å². The molecule has 0 amide bonds. The van der Waals surface area contributed by atoms with Gasteiger partial charge in [0.05, 0.1) is 25.4 Å². The summed E-state index contributed by atoms with van der Waals surface area (Å²) in [5.41, 5.74) is 1.77. The quantitative estimate of drug-likeness (QED) is 0.126. The van der Waals surface area contributed by atoms with E-state index < -0.39 is 6.10 Å². The number of hydrogen-bond donors (Lipinski definition) is 1. The summed E-state index contributed by atoms with van der Waals surface area (Å²) in [6.45, 7) is 11.8. The van der Waals surface area contributed by atoms with Crippen molar-refractivity contribution in [3.8, 4) is 11.5 Å². The summed E-state index contributed by atoms with van der Waals surface area (Å²) in [5.74, 6) is 0.900. The van der Waals surface area contributed by atoms with Crippen LogP contribution in [0.3, 0.4) is 0 Å². The van der Waals surface area contributed by atoms with E-state index in [1.165, 1.54) is 15.0 Å². The van der Waals surface area contributed by atoms with E-state index >= 15 is 0 Å². The fraction of sp³-hybridized carbons (Fsp3) is 0.622. The lowest BCUT2D eigenvalue weighted by Crippen LogP contribution is -2.48. The number of hydrogen-bond acceptors (Lipinski definition) is 7. The van der Waals surface area contributed by atoms with E-state index in [1.54, 1.807) is 17.4 Å². The van der Waals surface area contributed by atoms with Gasteiger partial charge in [0.2, 0.25) is 0 Å². The third kappa shape index (κ3) is 9.92. The molecule has 2 aromatic carbocycles. The van der Waals surface area contributed by atoms with Crippen molar-refractivity contribution in [1.82, 2.24) is 0 Å². The summed E-state index contributed by atoms with van der Waals surface area (Å²) in [7, 11) is 0. The van der Waals surface area contributed by atoms with Gasteiger partial charge in [-0.15, -0.1) is 11.3 Å². The van der Waals surface area contributed by atoms with E-state index in [0.717, 1.165) is 75.5 Å². The first-order chi connectivity index (χ1) is 21.6. The first-order valence-corrected chi connectivity index (χ1v) is 17.8. The van der Waals surface area contributed by atoms with Gasteiger partial charge in [-0.1, -0.05) is 71.6 Å². The van der Waals surface area contributed by atoms with Crippen LogP contribution in [0.15, 0.2) is 42.5 Å². The molecule has 7 heteroatoms. The van der Waals surface area contributed by atoms with E-state index in [9.17, 15) is 5.11 Å². The van der Waals surface area contributed by atoms with Gasteiger partial charge in [0, 0.05) is 53.9 Å². The van der Waals surface area contributed by atoms with E-state index in [2.05, 4.69) is 64.1 Å². The summed E-state index contributed by atoms with van der Waals surface area (Å²) >= 11 is 1.77. The second kappa shape index (κ2) is 18.7. The van der Waals surface area contributed by atoms with Gasteiger partial charge in [-0.25, -0.2) is 0 Å². The minimum atomic E-state index is -0.412. The average Bonchev–Trinajstić information content (AvgIpc) is 3.44. The molecule has 1 aliphatic rings. The normalized spacial score (nSPS) is 20.4. The van der Waals surface area contributed by atoms with Gasteiger partial charge in [-0.05, 0) is 54.8 Å². The molecule has 0 aliphatic carbocycles. The van der Waals surface area contributed by atoms with Crippen molar-refractivity contribution in [3.63, 3.8) is 0 Å². The van der Waals surface area contributed by atoms with Gasteiger partial charge in [-0.3, -0.25) is 0 Å². The number of rotatable bonds is 20. The van der Waals surface area contributed by atoms with Crippen molar-refractivity contribution in [2.45, 2.75) is 116 Å². The predicted molar refractivity (Wildman–Crippen MR) is 180 cm³/mol. The number of benzene rings is 2. The molecule has 0 saturated carbocycles. The van der Waals surface area contributed by atoms with Crippen LogP contribution in [0, 0.1) is 0 Å². The van der Waals surface area contributed by atoms with Crippen LogP contribution in [0.4, 0.5) is 0 Å². The minimum absolute atomic E-state index is 0.125. The van der Waals surface area contributed by atoms with Crippen LogP contribution in [0.1, 0.15) is 108 Å². The van der Waals surface area contributed by atoms with Crippen LogP contribution >= 0.6 is 11.3 Å². The van der Waals surface area contributed by atoms with Gasteiger partial charge in [0.1, 0.15) is 23.7 Å². The van der Waals surface area contributed by atoms with Gasteiger partial charge in [-0.2, -0.15) is 0 Å². The molecule has 1 fully saturated rings. The summed E-state index contributed by atoms with van der Waals surface area (Å²) in [6, 6.07) is 14.5. The molecule has 2 heterocycles. The average molecular weight is 627 g/mol. The van der Waals surface area contributed by atoms with E-state index in [0.29, 0.717) is 38.6 Å². The van der Waals surface area contributed by atoms with Gasteiger partial charge in [0.25, 0.3) is 0 Å². The van der Waals surface area contributed by atoms with E-state index in [4.69, 9.17) is 23.7 Å². The number of unbranched alkanes of at least 4 members (excludes halogenated alkanes) is 4. The molecule has 0 radical (unpaired) electrons. The molecule has 1 aromatic heterocycles. The van der Waals surface area contributed by atoms with Gasteiger partial charge < -0.3 is 28.8 Å². The fourth-order valence-electron chi connectivity index (χ4n) is 5.61. The molecular formula is C37H54O6S. The first-order valence-electron chi connectivity index (χ1n) is 17.0. The molecule has 0 bridgehead atoms. The maximum Gasteiger partial charge on any atom is 0.128 e.